The van der Waals surface area contributed by atoms with Gasteiger partial charge in [0.2, 0.25) is 5.91 Å². The smallest absolute Gasteiger partial charge is 0.224 e. The summed E-state index contributed by atoms with van der Waals surface area (Å²) in [6.07, 6.45) is 0.349. The van der Waals surface area contributed by atoms with E-state index in [0.717, 1.165) is 11.1 Å². The first-order valence-electron chi connectivity index (χ1n) is 6.84. The van der Waals surface area contributed by atoms with Crippen molar-refractivity contribution in [2.24, 2.45) is 0 Å². The molecule has 0 heterocycles. The Morgan fingerprint density at radius 1 is 1.19 bits per heavy atom. The molecule has 2 rings (SSSR count). The maximum atomic E-state index is 12.9. The van der Waals surface area contributed by atoms with Gasteiger partial charge in [0.1, 0.15) is 18.2 Å². The monoisotopic (exact) mass is 287 g/mol. The first-order valence-corrected chi connectivity index (χ1v) is 6.84. The van der Waals surface area contributed by atoms with Gasteiger partial charge in [0.15, 0.2) is 0 Å². The van der Waals surface area contributed by atoms with Crippen LogP contribution in [-0.2, 0) is 11.2 Å². The van der Waals surface area contributed by atoms with Crippen LogP contribution in [0.25, 0.3) is 0 Å². The van der Waals surface area contributed by atoms with Gasteiger partial charge in [-0.3, -0.25) is 4.79 Å². The van der Waals surface area contributed by atoms with E-state index in [-0.39, 0.29) is 11.7 Å². The minimum Gasteiger partial charge on any atom is -0.492 e. The lowest BCUT2D eigenvalue weighted by Gasteiger charge is -2.08. The van der Waals surface area contributed by atoms with E-state index in [0.29, 0.717) is 25.3 Å². The number of carbonyl (C=O) groups excluding carboxylic acids is 1. The van der Waals surface area contributed by atoms with Crippen molar-refractivity contribution < 1.29 is 13.9 Å². The van der Waals surface area contributed by atoms with Gasteiger partial charge in [0.25, 0.3) is 0 Å². The van der Waals surface area contributed by atoms with Crippen LogP contribution >= 0.6 is 0 Å². The molecular weight excluding hydrogens is 269 g/mol. The molecule has 4 heteroatoms. The Hall–Kier alpha value is -2.36. The van der Waals surface area contributed by atoms with Crippen LogP contribution < -0.4 is 10.1 Å². The van der Waals surface area contributed by atoms with Crippen molar-refractivity contribution in [1.82, 2.24) is 5.32 Å². The van der Waals surface area contributed by atoms with Crippen molar-refractivity contribution in [2.75, 3.05) is 13.2 Å². The molecule has 0 saturated heterocycles. The fourth-order valence-corrected chi connectivity index (χ4v) is 1.99. The third-order valence-electron chi connectivity index (χ3n) is 2.94. The first kappa shape index (κ1) is 15.0. The molecule has 0 radical (unpaired) electrons. The summed E-state index contributed by atoms with van der Waals surface area (Å²) in [5.74, 6) is 0.0716. The van der Waals surface area contributed by atoms with Crippen molar-refractivity contribution in [3.63, 3.8) is 0 Å². The van der Waals surface area contributed by atoms with E-state index in [1.54, 1.807) is 12.1 Å². The molecule has 2 aromatic rings. The number of halogens is 1. The summed E-state index contributed by atoms with van der Waals surface area (Å²) < 4.78 is 18.3. The fourth-order valence-electron chi connectivity index (χ4n) is 1.99. The molecule has 0 aromatic heterocycles. The largest absolute Gasteiger partial charge is 0.492 e. The summed E-state index contributed by atoms with van der Waals surface area (Å²) in [5, 5.41) is 2.78. The Kier molecular flexibility index (Phi) is 5.32. The van der Waals surface area contributed by atoms with E-state index in [4.69, 9.17) is 4.74 Å². The lowest BCUT2D eigenvalue weighted by Crippen LogP contribution is -2.29. The molecular formula is C17H18FNO2. The summed E-state index contributed by atoms with van der Waals surface area (Å²) >= 11 is 0. The molecule has 0 saturated carbocycles. The lowest BCUT2D eigenvalue weighted by atomic mass is 10.1. The molecule has 1 amide bonds. The Morgan fingerprint density at radius 3 is 2.76 bits per heavy atom. The van der Waals surface area contributed by atoms with E-state index in [1.807, 2.05) is 31.2 Å². The number of aryl methyl sites for hydroxylation is 1. The number of rotatable bonds is 6. The molecule has 0 aliphatic carbocycles. The Labute approximate surface area is 123 Å². The number of ether oxygens (including phenoxy) is 1. The number of hydrogen-bond donors (Lipinski definition) is 1. The van der Waals surface area contributed by atoms with Crippen molar-refractivity contribution in [1.29, 1.82) is 0 Å². The van der Waals surface area contributed by atoms with Crippen LogP contribution in [0, 0.1) is 12.7 Å². The van der Waals surface area contributed by atoms with E-state index in [1.165, 1.54) is 12.1 Å². The molecule has 2 aromatic carbocycles. The third kappa shape index (κ3) is 5.26. The number of amides is 1. The Morgan fingerprint density at radius 2 is 2.00 bits per heavy atom. The molecule has 21 heavy (non-hydrogen) atoms. The van der Waals surface area contributed by atoms with Gasteiger partial charge in [0, 0.05) is 6.07 Å². The highest BCUT2D eigenvalue weighted by molar-refractivity contribution is 5.78. The van der Waals surface area contributed by atoms with E-state index in [9.17, 15) is 9.18 Å². The highest BCUT2D eigenvalue weighted by Crippen LogP contribution is 2.11. The molecule has 0 atom stereocenters. The van der Waals surface area contributed by atoms with Gasteiger partial charge in [-0.15, -0.1) is 0 Å². The van der Waals surface area contributed by atoms with Gasteiger partial charge >= 0.3 is 0 Å². The van der Waals surface area contributed by atoms with Gasteiger partial charge in [0.05, 0.1) is 13.0 Å². The minimum atomic E-state index is -0.337. The predicted molar refractivity (Wildman–Crippen MR) is 79.8 cm³/mol. The zero-order valence-corrected chi connectivity index (χ0v) is 11.9. The standard InChI is InChI=1S/C17H18FNO2/c1-13-4-2-5-14(10-13)11-17(20)19-8-9-21-16-7-3-6-15(18)12-16/h2-7,10,12H,8-9,11H2,1H3,(H,19,20). The lowest BCUT2D eigenvalue weighted by molar-refractivity contribution is -0.120. The highest BCUT2D eigenvalue weighted by atomic mass is 19.1. The van der Waals surface area contributed by atoms with Gasteiger partial charge in [-0.05, 0) is 24.6 Å². The van der Waals surface area contributed by atoms with Crippen molar-refractivity contribution in [3.05, 3.63) is 65.5 Å². The number of nitrogens with one attached hydrogen (secondary N) is 1. The summed E-state index contributed by atoms with van der Waals surface area (Å²) in [7, 11) is 0. The average molecular weight is 287 g/mol. The molecule has 0 unspecified atom stereocenters. The van der Waals surface area contributed by atoms with Crippen LogP contribution in [0.3, 0.4) is 0 Å². The zero-order chi connectivity index (χ0) is 15.1. The van der Waals surface area contributed by atoms with Crippen LogP contribution in [-0.4, -0.2) is 19.1 Å². The summed E-state index contributed by atoms with van der Waals surface area (Å²) in [6.45, 7) is 2.69. The maximum Gasteiger partial charge on any atom is 0.224 e. The molecule has 0 aliphatic heterocycles. The molecule has 0 aliphatic rings. The zero-order valence-electron chi connectivity index (χ0n) is 11.9. The predicted octanol–water partition coefficient (Wildman–Crippen LogP) is 2.87. The second-order valence-electron chi connectivity index (χ2n) is 4.82. The number of hydrogen-bond acceptors (Lipinski definition) is 2. The van der Waals surface area contributed by atoms with Gasteiger partial charge in [-0.1, -0.05) is 35.9 Å². The summed E-state index contributed by atoms with van der Waals surface area (Å²) in [6, 6.07) is 13.8. The van der Waals surface area contributed by atoms with Gasteiger partial charge in [-0.2, -0.15) is 0 Å². The average Bonchev–Trinajstić information content (AvgIpc) is 2.44. The van der Waals surface area contributed by atoms with Crippen LogP contribution in [0.1, 0.15) is 11.1 Å². The van der Waals surface area contributed by atoms with Crippen molar-refractivity contribution in [2.45, 2.75) is 13.3 Å². The normalized spacial score (nSPS) is 10.2. The van der Waals surface area contributed by atoms with Crippen LogP contribution in [0.4, 0.5) is 4.39 Å². The van der Waals surface area contributed by atoms with Gasteiger partial charge < -0.3 is 10.1 Å². The molecule has 0 spiro atoms. The third-order valence-corrected chi connectivity index (χ3v) is 2.94. The minimum absolute atomic E-state index is 0.0524. The Balaban J connectivity index is 1.70. The van der Waals surface area contributed by atoms with Gasteiger partial charge in [-0.25, -0.2) is 4.39 Å². The quantitative estimate of drug-likeness (QED) is 0.830. The van der Waals surface area contributed by atoms with E-state index < -0.39 is 0 Å². The highest BCUT2D eigenvalue weighted by Gasteiger charge is 2.03. The first-order chi connectivity index (χ1) is 10.1. The van der Waals surface area contributed by atoms with Crippen LogP contribution in [0.5, 0.6) is 5.75 Å². The maximum absolute atomic E-state index is 12.9. The second-order valence-corrected chi connectivity index (χ2v) is 4.82. The molecule has 110 valence electrons. The summed E-state index contributed by atoms with van der Waals surface area (Å²) in [4.78, 5) is 11.8. The van der Waals surface area contributed by atoms with E-state index >= 15 is 0 Å². The van der Waals surface area contributed by atoms with Crippen molar-refractivity contribution >= 4 is 5.91 Å². The van der Waals surface area contributed by atoms with E-state index in [2.05, 4.69) is 5.32 Å². The fraction of sp³-hybridized carbons (Fsp3) is 0.235. The SMILES string of the molecule is Cc1cccc(CC(=O)NCCOc2cccc(F)c2)c1. The summed E-state index contributed by atoms with van der Waals surface area (Å²) in [5.41, 5.74) is 2.12. The topological polar surface area (TPSA) is 38.3 Å². The van der Waals surface area contributed by atoms with Crippen LogP contribution in [0.2, 0.25) is 0 Å². The molecule has 3 nitrogen and oxygen atoms in total. The molecule has 1 N–H and O–H groups in total. The second kappa shape index (κ2) is 7.43. The van der Waals surface area contributed by atoms with Crippen molar-refractivity contribution in [3.8, 4) is 5.75 Å². The molecule has 0 fully saturated rings. The number of carbonyl (C=O) groups is 1. The van der Waals surface area contributed by atoms with Crippen LogP contribution in [0.15, 0.2) is 48.5 Å². The Bertz CT molecular complexity index is 613. The number of benzene rings is 2. The molecule has 0 bridgehead atoms.